The van der Waals surface area contributed by atoms with Crippen molar-refractivity contribution in [2.24, 2.45) is 0 Å². The van der Waals surface area contributed by atoms with Crippen molar-refractivity contribution in [3.8, 4) is 0 Å². The lowest BCUT2D eigenvalue weighted by Gasteiger charge is -2.10. The molecule has 3 nitrogen and oxygen atoms in total. The minimum absolute atomic E-state index is 0.0307. The SMILES string of the molecule is COC(=O)Cc1cc(C(F)F)nc(CBr)c1I. The molecule has 1 aromatic heterocycles. The number of esters is 1. The van der Waals surface area contributed by atoms with Gasteiger partial charge in [-0.3, -0.25) is 4.79 Å². The number of aromatic nitrogens is 1. The van der Waals surface area contributed by atoms with Gasteiger partial charge >= 0.3 is 5.97 Å². The summed E-state index contributed by atoms with van der Waals surface area (Å²) < 4.78 is 30.5. The first kappa shape index (κ1) is 14.7. The van der Waals surface area contributed by atoms with Crippen LogP contribution in [0.15, 0.2) is 6.07 Å². The van der Waals surface area contributed by atoms with Crippen molar-refractivity contribution in [3.05, 3.63) is 26.6 Å². The molecule has 0 aliphatic heterocycles. The fourth-order valence-electron chi connectivity index (χ4n) is 1.22. The molecule has 1 heterocycles. The van der Waals surface area contributed by atoms with Crippen LogP contribution in [0.3, 0.4) is 0 Å². The summed E-state index contributed by atoms with van der Waals surface area (Å²) in [5, 5.41) is 0.361. The van der Waals surface area contributed by atoms with Gasteiger partial charge in [-0.2, -0.15) is 0 Å². The van der Waals surface area contributed by atoms with Crippen molar-refractivity contribution >= 4 is 44.5 Å². The summed E-state index contributed by atoms with van der Waals surface area (Å²) in [7, 11) is 1.26. The van der Waals surface area contributed by atoms with E-state index in [2.05, 4.69) is 25.7 Å². The maximum Gasteiger partial charge on any atom is 0.310 e. The van der Waals surface area contributed by atoms with Gasteiger partial charge in [-0.1, -0.05) is 15.9 Å². The lowest BCUT2D eigenvalue weighted by atomic mass is 10.1. The molecule has 0 atom stereocenters. The van der Waals surface area contributed by atoms with Crippen LogP contribution in [0.25, 0.3) is 0 Å². The van der Waals surface area contributed by atoms with Gasteiger partial charge in [0.05, 0.1) is 19.2 Å². The van der Waals surface area contributed by atoms with E-state index >= 15 is 0 Å². The number of methoxy groups -OCH3 is 1. The lowest BCUT2D eigenvalue weighted by Crippen LogP contribution is -2.09. The third-order valence-corrected chi connectivity index (χ3v) is 3.88. The normalized spacial score (nSPS) is 10.7. The van der Waals surface area contributed by atoms with E-state index in [0.717, 1.165) is 0 Å². The van der Waals surface area contributed by atoms with E-state index in [1.54, 1.807) is 0 Å². The van der Waals surface area contributed by atoms with Gasteiger partial charge in [-0.25, -0.2) is 13.8 Å². The molecular formula is C10H9BrF2INO2. The van der Waals surface area contributed by atoms with Gasteiger partial charge < -0.3 is 4.74 Å². The second kappa shape index (κ2) is 6.58. The number of rotatable bonds is 4. The van der Waals surface area contributed by atoms with Crippen molar-refractivity contribution in [2.45, 2.75) is 18.2 Å². The fraction of sp³-hybridized carbons (Fsp3) is 0.400. The van der Waals surface area contributed by atoms with Gasteiger partial charge in [-0.15, -0.1) is 0 Å². The second-order valence-corrected chi connectivity index (χ2v) is 4.79. The summed E-state index contributed by atoms with van der Waals surface area (Å²) in [4.78, 5) is 15.0. The number of halogens is 4. The van der Waals surface area contributed by atoms with Crippen LogP contribution in [-0.4, -0.2) is 18.1 Å². The highest BCUT2D eigenvalue weighted by Gasteiger charge is 2.17. The summed E-state index contributed by atoms with van der Waals surface area (Å²) in [6.07, 6.45) is -2.68. The molecule has 0 unspecified atom stereocenters. The van der Waals surface area contributed by atoms with E-state index in [-0.39, 0.29) is 12.1 Å². The molecule has 94 valence electrons. The predicted molar refractivity (Wildman–Crippen MR) is 70.3 cm³/mol. The molecule has 0 N–H and O–H groups in total. The summed E-state index contributed by atoms with van der Waals surface area (Å²) >= 11 is 5.17. The third kappa shape index (κ3) is 3.84. The van der Waals surface area contributed by atoms with E-state index in [0.29, 0.717) is 20.2 Å². The monoisotopic (exact) mass is 419 g/mol. The molecule has 0 saturated heterocycles. The Kier molecular flexibility index (Phi) is 5.71. The van der Waals surface area contributed by atoms with E-state index in [1.165, 1.54) is 13.2 Å². The number of carbonyl (C=O) groups excluding carboxylic acids is 1. The van der Waals surface area contributed by atoms with Crippen LogP contribution in [-0.2, 0) is 21.3 Å². The number of ether oxygens (including phenoxy) is 1. The van der Waals surface area contributed by atoms with Crippen molar-refractivity contribution in [3.63, 3.8) is 0 Å². The smallest absolute Gasteiger partial charge is 0.310 e. The summed E-state index contributed by atoms with van der Waals surface area (Å²) in [6.45, 7) is 0. The average molecular weight is 420 g/mol. The van der Waals surface area contributed by atoms with Gasteiger partial charge in [0, 0.05) is 8.90 Å². The predicted octanol–water partition coefficient (Wildman–Crippen LogP) is 3.23. The summed E-state index contributed by atoms with van der Waals surface area (Å²) in [6, 6.07) is 1.25. The van der Waals surface area contributed by atoms with Crippen molar-refractivity contribution in [1.82, 2.24) is 4.98 Å². The van der Waals surface area contributed by atoms with Crippen LogP contribution >= 0.6 is 38.5 Å². The van der Waals surface area contributed by atoms with Gasteiger partial charge in [-0.05, 0) is 34.2 Å². The number of alkyl halides is 3. The molecule has 17 heavy (non-hydrogen) atoms. The highest BCUT2D eigenvalue weighted by Crippen LogP contribution is 2.25. The number of hydrogen-bond donors (Lipinski definition) is 0. The largest absolute Gasteiger partial charge is 0.469 e. The molecule has 0 aliphatic carbocycles. The summed E-state index contributed by atoms with van der Waals surface area (Å²) in [5.41, 5.74) is 0.693. The Bertz CT molecular complexity index is 429. The molecule has 7 heteroatoms. The zero-order chi connectivity index (χ0) is 13.0. The maximum atomic E-state index is 12.6. The number of hydrogen-bond acceptors (Lipinski definition) is 3. The topological polar surface area (TPSA) is 39.2 Å². The molecule has 0 spiro atoms. The fourth-order valence-corrected chi connectivity index (χ4v) is 2.81. The van der Waals surface area contributed by atoms with E-state index in [9.17, 15) is 13.6 Å². The van der Waals surface area contributed by atoms with Gasteiger partial charge in [0.1, 0.15) is 5.69 Å². The molecule has 0 radical (unpaired) electrons. The molecule has 0 fully saturated rings. The minimum atomic E-state index is -2.65. The number of pyridine rings is 1. The quantitative estimate of drug-likeness (QED) is 0.427. The van der Waals surface area contributed by atoms with E-state index < -0.39 is 12.4 Å². The molecule has 0 aliphatic rings. The lowest BCUT2D eigenvalue weighted by molar-refractivity contribution is -0.139. The zero-order valence-electron chi connectivity index (χ0n) is 8.84. The zero-order valence-corrected chi connectivity index (χ0v) is 12.6. The third-order valence-electron chi connectivity index (χ3n) is 2.03. The highest BCUT2D eigenvalue weighted by atomic mass is 127. The molecule has 0 amide bonds. The Morgan fingerprint density at radius 3 is 2.76 bits per heavy atom. The Hall–Kier alpha value is -0.310. The average Bonchev–Trinajstić information content (AvgIpc) is 2.31. The standard InChI is InChI=1S/C10H9BrF2INO2/c1-17-8(16)3-5-2-6(10(12)13)15-7(4-11)9(5)14/h2,10H,3-4H2,1H3. The maximum absolute atomic E-state index is 12.6. The minimum Gasteiger partial charge on any atom is -0.469 e. The van der Waals surface area contributed by atoms with Crippen LogP contribution in [0.5, 0.6) is 0 Å². The molecule has 1 aromatic rings. The Morgan fingerprint density at radius 2 is 2.29 bits per heavy atom. The molecule has 1 rings (SSSR count). The second-order valence-electron chi connectivity index (χ2n) is 3.15. The first-order valence-electron chi connectivity index (χ1n) is 4.58. The van der Waals surface area contributed by atoms with Crippen LogP contribution < -0.4 is 0 Å². The molecule has 0 bridgehead atoms. The van der Waals surface area contributed by atoms with Crippen LogP contribution in [0.4, 0.5) is 8.78 Å². The van der Waals surface area contributed by atoms with Gasteiger partial charge in [0.2, 0.25) is 0 Å². The van der Waals surface area contributed by atoms with Crippen LogP contribution in [0.1, 0.15) is 23.4 Å². The first-order chi connectivity index (χ1) is 7.99. The highest BCUT2D eigenvalue weighted by molar-refractivity contribution is 14.1. The Morgan fingerprint density at radius 1 is 1.65 bits per heavy atom. The van der Waals surface area contributed by atoms with Crippen molar-refractivity contribution in [2.75, 3.05) is 7.11 Å². The van der Waals surface area contributed by atoms with Crippen molar-refractivity contribution in [1.29, 1.82) is 0 Å². The Labute approximate surface area is 119 Å². The molecule has 0 saturated carbocycles. The van der Waals surface area contributed by atoms with Crippen molar-refractivity contribution < 1.29 is 18.3 Å². The number of carbonyl (C=O) groups is 1. The van der Waals surface area contributed by atoms with Crippen LogP contribution in [0, 0.1) is 3.57 Å². The van der Waals surface area contributed by atoms with E-state index in [1.807, 2.05) is 22.6 Å². The summed E-state index contributed by atoms with van der Waals surface area (Å²) in [5.74, 6) is -0.463. The van der Waals surface area contributed by atoms with Gasteiger partial charge in [0.25, 0.3) is 6.43 Å². The van der Waals surface area contributed by atoms with Gasteiger partial charge in [0.15, 0.2) is 0 Å². The van der Waals surface area contributed by atoms with E-state index in [4.69, 9.17) is 0 Å². The first-order valence-corrected chi connectivity index (χ1v) is 6.78. The number of nitrogens with zero attached hydrogens (tertiary/aromatic N) is 1. The molecule has 0 aromatic carbocycles. The Balaban J connectivity index is 3.17. The molecular weight excluding hydrogens is 411 g/mol. The van der Waals surface area contributed by atoms with Crippen LogP contribution in [0.2, 0.25) is 0 Å².